The van der Waals surface area contributed by atoms with Gasteiger partial charge in [-0.2, -0.15) is 4.57 Å². The number of halogens is 1. The molecule has 0 fully saturated rings. The van der Waals surface area contributed by atoms with Crippen LogP contribution in [0.4, 0.5) is 4.39 Å². The zero-order chi connectivity index (χ0) is 19.1. The van der Waals surface area contributed by atoms with Gasteiger partial charge in [0.1, 0.15) is 0 Å². The molecule has 5 nitrogen and oxygen atoms in total. The van der Waals surface area contributed by atoms with E-state index >= 15 is 0 Å². The lowest BCUT2D eigenvalue weighted by atomic mass is 9.95. The summed E-state index contributed by atoms with van der Waals surface area (Å²) < 4.78 is 37.1. The van der Waals surface area contributed by atoms with Gasteiger partial charge in [-0.3, -0.25) is 4.39 Å². The Morgan fingerprint density at radius 1 is 1.14 bits per heavy atom. The molecule has 144 valence electrons. The minimum Gasteiger partial charge on any atom is -0.492 e. The van der Waals surface area contributed by atoms with E-state index in [0.29, 0.717) is 24.5 Å². The Kier molecular flexibility index (Phi) is 4.19. The number of benzene rings is 2. The SMILES string of the molecule is COc1c(OCCC[18F])ccc2cc3[n+](cc12)CCc1cc2c(cc1-3)OCO2. The largest absolute Gasteiger partial charge is 0.492 e. The van der Waals surface area contributed by atoms with E-state index in [9.17, 15) is 4.39 Å². The molecule has 2 aliphatic heterocycles. The van der Waals surface area contributed by atoms with Crippen molar-refractivity contribution in [2.75, 3.05) is 27.2 Å². The molecule has 3 aromatic rings. The van der Waals surface area contributed by atoms with Gasteiger partial charge >= 0.3 is 0 Å². The second-order valence-corrected chi connectivity index (χ2v) is 6.96. The maximum absolute atomic E-state index is 12.4. The third-order valence-corrected chi connectivity index (χ3v) is 5.32. The van der Waals surface area contributed by atoms with Gasteiger partial charge in [-0.25, -0.2) is 0 Å². The van der Waals surface area contributed by atoms with Crippen LogP contribution in [-0.4, -0.2) is 27.2 Å². The van der Waals surface area contributed by atoms with Crippen molar-refractivity contribution in [2.45, 2.75) is 19.4 Å². The van der Waals surface area contributed by atoms with Gasteiger partial charge in [-0.15, -0.1) is 0 Å². The van der Waals surface area contributed by atoms with E-state index in [4.69, 9.17) is 18.9 Å². The molecular formula is C22H21FNO4+. The number of hydrogen-bond acceptors (Lipinski definition) is 4. The van der Waals surface area contributed by atoms with Crippen molar-refractivity contribution in [3.05, 3.63) is 42.1 Å². The maximum atomic E-state index is 12.4. The first-order valence-electron chi connectivity index (χ1n) is 9.44. The molecule has 1 aromatic heterocycles. The summed E-state index contributed by atoms with van der Waals surface area (Å²) in [7, 11) is 1.64. The molecule has 0 spiro atoms. The normalized spacial score (nSPS) is 13.9. The molecule has 0 atom stereocenters. The fourth-order valence-electron chi connectivity index (χ4n) is 3.96. The fraction of sp³-hybridized carbons (Fsp3) is 0.318. The van der Waals surface area contributed by atoms with Crippen LogP contribution in [0.5, 0.6) is 23.0 Å². The van der Waals surface area contributed by atoms with E-state index in [-0.39, 0.29) is 6.79 Å². The molecule has 5 rings (SSSR count). The van der Waals surface area contributed by atoms with Crippen LogP contribution in [0.3, 0.4) is 0 Å². The van der Waals surface area contributed by atoms with Crippen molar-refractivity contribution < 1.29 is 27.9 Å². The highest BCUT2D eigenvalue weighted by Crippen LogP contribution is 2.41. The summed E-state index contributed by atoms with van der Waals surface area (Å²) in [6, 6.07) is 10.2. The summed E-state index contributed by atoms with van der Waals surface area (Å²) in [5.41, 5.74) is 3.57. The van der Waals surface area contributed by atoms with Crippen molar-refractivity contribution in [1.29, 1.82) is 0 Å². The van der Waals surface area contributed by atoms with Gasteiger partial charge in [0.25, 0.3) is 0 Å². The smallest absolute Gasteiger partial charge is 0.231 e. The number of alkyl halides is 1. The van der Waals surface area contributed by atoms with Crippen molar-refractivity contribution in [3.8, 4) is 34.3 Å². The molecule has 0 saturated heterocycles. The third-order valence-electron chi connectivity index (χ3n) is 5.32. The number of methoxy groups -OCH3 is 1. The first-order chi connectivity index (χ1) is 13.8. The minimum atomic E-state index is -0.392. The number of aromatic nitrogens is 1. The number of hydrogen-bond donors (Lipinski definition) is 0. The lowest BCUT2D eigenvalue weighted by Gasteiger charge is -2.17. The third kappa shape index (κ3) is 2.71. The number of fused-ring (bicyclic) bond motifs is 5. The van der Waals surface area contributed by atoms with Crippen LogP contribution < -0.4 is 23.5 Å². The lowest BCUT2D eigenvalue weighted by Crippen LogP contribution is -2.40. The highest BCUT2D eigenvalue weighted by molar-refractivity contribution is 5.91. The average molecular weight is 381 g/mol. The Morgan fingerprint density at radius 2 is 2.00 bits per heavy atom. The van der Waals surface area contributed by atoms with Crippen LogP contribution >= 0.6 is 0 Å². The van der Waals surface area contributed by atoms with Gasteiger partial charge in [-0.1, -0.05) is 0 Å². The molecule has 0 radical (unpaired) electrons. The summed E-state index contributed by atoms with van der Waals surface area (Å²) in [6.45, 7) is 1.08. The number of nitrogens with zero attached hydrogens (tertiary/aromatic N) is 1. The zero-order valence-electron chi connectivity index (χ0n) is 15.7. The van der Waals surface area contributed by atoms with Gasteiger partial charge in [0, 0.05) is 18.9 Å². The molecule has 6 heteroatoms. The summed E-state index contributed by atoms with van der Waals surface area (Å²) in [5.74, 6) is 2.94. The molecule has 3 heterocycles. The quantitative estimate of drug-likeness (QED) is 0.498. The highest BCUT2D eigenvalue weighted by Gasteiger charge is 2.28. The van der Waals surface area contributed by atoms with Crippen molar-refractivity contribution in [1.82, 2.24) is 0 Å². The molecule has 2 aliphatic rings. The Morgan fingerprint density at radius 3 is 2.82 bits per heavy atom. The van der Waals surface area contributed by atoms with Gasteiger partial charge in [0.15, 0.2) is 35.7 Å². The van der Waals surface area contributed by atoms with Crippen LogP contribution in [0, 0.1) is 0 Å². The Balaban J connectivity index is 1.62. The van der Waals surface area contributed by atoms with Gasteiger partial charge in [0.05, 0.1) is 31.3 Å². The molecule has 0 amide bonds. The first kappa shape index (κ1) is 17.1. The number of rotatable bonds is 5. The zero-order valence-corrected chi connectivity index (χ0v) is 15.7. The van der Waals surface area contributed by atoms with E-state index in [1.807, 2.05) is 12.1 Å². The average Bonchev–Trinajstić information content (AvgIpc) is 3.18. The van der Waals surface area contributed by atoms with E-state index in [0.717, 1.165) is 40.9 Å². The van der Waals surface area contributed by atoms with Crippen molar-refractivity contribution in [3.63, 3.8) is 0 Å². The summed E-state index contributed by atoms with van der Waals surface area (Å²) in [6.07, 6.45) is 3.40. The monoisotopic (exact) mass is 381 g/mol. The highest BCUT2D eigenvalue weighted by atomic mass is 18.2. The standard InChI is InChI=1S/C22H21FNO4/c1-25-22-17-12-24-7-5-15-10-20-21(28-13-27-20)11-16(15)18(24)9-14(17)3-4-19(22)26-8-2-6-23/h3-4,9-12H,2,5-8,13H2,1H3/q+1/i23-1. The Hall–Kier alpha value is -3.02. The topological polar surface area (TPSA) is 40.8 Å². The first-order valence-corrected chi connectivity index (χ1v) is 9.44. The van der Waals surface area contributed by atoms with Crippen LogP contribution in [0.15, 0.2) is 36.5 Å². The molecule has 0 N–H and O–H groups in total. The molecule has 0 bridgehead atoms. The second-order valence-electron chi connectivity index (χ2n) is 6.96. The van der Waals surface area contributed by atoms with Crippen molar-refractivity contribution >= 4 is 10.8 Å². The molecule has 0 saturated carbocycles. The van der Waals surface area contributed by atoms with Crippen LogP contribution in [-0.2, 0) is 13.0 Å². The molecule has 2 aromatic carbocycles. The van der Waals surface area contributed by atoms with Crippen LogP contribution in [0.25, 0.3) is 22.0 Å². The van der Waals surface area contributed by atoms with Gasteiger partial charge in [-0.05, 0) is 35.2 Å². The van der Waals surface area contributed by atoms with E-state index < -0.39 is 6.67 Å². The summed E-state index contributed by atoms with van der Waals surface area (Å²) in [4.78, 5) is 0. The fourth-order valence-corrected chi connectivity index (χ4v) is 3.96. The van der Waals surface area contributed by atoms with Gasteiger partial charge in [0.2, 0.25) is 12.5 Å². The maximum Gasteiger partial charge on any atom is 0.231 e. The summed E-state index contributed by atoms with van der Waals surface area (Å²) >= 11 is 0. The second kappa shape index (κ2) is 6.86. The predicted molar refractivity (Wildman–Crippen MR) is 102 cm³/mol. The van der Waals surface area contributed by atoms with E-state index in [1.165, 1.54) is 11.1 Å². The minimum absolute atomic E-state index is 0.276. The number of ether oxygens (including phenoxy) is 4. The van der Waals surface area contributed by atoms with Crippen molar-refractivity contribution in [2.24, 2.45) is 0 Å². The number of aryl methyl sites for hydroxylation is 2. The lowest BCUT2D eigenvalue weighted by molar-refractivity contribution is -0.686. The molecular weight excluding hydrogens is 360 g/mol. The van der Waals surface area contributed by atoms with Gasteiger partial charge < -0.3 is 18.9 Å². The van der Waals surface area contributed by atoms with Crippen LogP contribution in [0.1, 0.15) is 12.0 Å². The Labute approximate surface area is 162 Å². The number of pyridine rings is 1. The molecule has 0 unspecified atom stereocenters. The molecule has 28 heavy (non-hydrogen) atoms. The summed E-state index contributed by atoms with van der Waals surface area (Å²) in [5, 5.41) is 2.04. The van der Waals surface area contributed by atoms with E-state index in [1.54, 1.807) is 7.11 Å². The predicted octanol–water partition coefficient (Wildman–Crippen LogP) is 3.83. The van der Waals surface area contributed by atoms with Crippen LogP contribution in [0.2, 0.25) is 0 Å². The van der Waals surface area contributed by atoms with E-state index in [2.05, 4.69) is 29.0 Å². The Bertz CT molecular complexity index is 1070. The molecule has 0 aliphatic carbocycles.